The lowest BCUT2D eigenvalue weighted by molar-refractivity contribution is 0.621. The van der Waals surface area contributed by atoms with Crippen molar-refractivity contribution < 1.29 is 4.39 Å². The molecular formula is C15H19FN4. The number of nitrogens with two attached hydrogens (primary N) is 1. The molecule has 106 valence electrons. The Hall–Kier alpha value is -2.17. The number of hydrogen-bond donors (Lipinski definition) is 2. The first-order chi connectivity index (χ1) is 9.43. The molecule has 0 bridgehead atoms. The highest BCUT2D eigenvalue weighted by molar-refractivity contribution is 5.96. The highest BCUT2D eigenvalue weighted by Crippen LogP contribution is 2.17. The molecule has 2 aromatic rings. The van der Waals surface area contributed by atoms with E-state index in [1.807, 2.05) is 18.5 Å². The van der Waals surface area contributed by atoms with Crippen LogP contribution in [0.15, 0.2) is 18.2 Å². The summed E-state index contributed by atoms with van der Waals surface area (Å²) in [5.41, 5.74) is 10.1. The molecule has 0 radical (unpaired) electrons. The zero-order valence-corrected chi connectivity index (χ0v) is 12.0. The van der Waals surface area contributed by atoms with E-state index in [0.717, 1.165) is 23.4 Å². The second kappa shape index (κ2) is 5.45. The van der Waals surface area contributed by atoms with E-state index in [1.54, 1.807) is 6.07 Å². The van der Waals surface area contributed by atoms with Gasteiger partial charge in [-0.1, -0.05) is 13.0 Å². The molecule has 2 rings (SSSR count). The SMILES string of the molecule is CCc1c(C)nn(Cc2ccc(F)cc2C(=N)N)c1C. The minimum atomic E-state index is -0.387. The molecule has 0 saturated carbocycles. The minimum Gasteiger partial charge on any atom is -0.384 e. The maximum absolute atomic E-state index is 13.3. The predicted octanol–water partition coefficient (Wildman–Crippen LogP) is 2.53. The van der Waals surface area contributed by atoms with Crippen LogP contribution in [0.2, 0.25) is 0 Å². The fraction of sp³-hybridized carbons (Fsp3) is 0.333. The van der Waals surface area contributed by atoms with Crippen molar-refractivity contribution in [2.45, 2.75) is 33.7 Å². The second-order valence-electron chi connectivity index (χ2n) is 4.88. The number of rotatable bonds is 4. The van der Waals surface area contributed by atoms with E-state index in [4.69, 9.17) is 11.1 Å². The van der Waals surface area contributed by atoms with Crippen LogP contribution in [0.1, 0.15) is 35.0 Å². The van der Waals surface area contributed by atoms with Gasteiger partial charge in [-0.2, -0.15) is 5.10 Å². The average Bonchev–Trinajstić information content (AvgIpc) is 2.66. The van der Waals surface area contributed by atoms with Crippen molar-refractivity contribution in [1.29, 1.82) is 5.41 Å². The predicted molar refractivity (Wildman–Crippen MR) is 77.6 cm³/mol. The molecular weight excluding hydrogens is 255 g/mol. The molecule has 0 aliphatic rings. The van der Waals surface area contributed by atoms with Crippen LogP contribution in [0, 0.1) is 25.1 Å². The summed E-state index contributed by atoms with van der Waals surface area (Å²) in [5, 5.41) is 12.1. The van der Waals surface area contributed by atoms with Crippen molar-refractivity contribution in [3.05, 3.63) is 52.1 Å². The lowest BCUT2D eigenvalue weighted by Gasteiger charge is -2.10. The molecule has 0 atom stereocenters. The standard InChI is InChI=1S/C15H19FN4/c1-4-13-9(2)19-20(10(13)3)8-11-5-6-12(16)7-14(11)15(17)18/h5-7H,4,8H2,1-3H3,(H3,17,18). The second-order valence-corrected chi connectivity index (χ2v) is 4.88. The fourth-order valence-electron chi connectivity index (χ4n) is 2.50. The van der Waals surface area contributed by atoms with Crippen molar-refractivity contribution in [2.75, 3.05) is 0 Å². The van der Waals surface area contributed by atoms with Gasteiger partial charge in [-0.25, -0.2) is 4.39 Å². The van der Waals surface area contributed by atoms with Crippen molar-refractivity contribution in [1.82, 2.24) is 9.78 Å². The number of amidine groups is 1. The van der Waals surface area contributed by atoms with E-state index in [0.29, 0.717) is 12.1 Å². The summed E-state index contributed by atoms with van der Waals surface area (Å²) < 4.78 is 15.2. The normalized spacial score (nSPS) is 10.8. The lowest BCUT2D eigenvalue weighted by Crippen LogP contribution is -2.16. The number of halogens is 1. The molecule has 1 heterocycles. The van der Waals surface area contributed by atoms with Gasteiger partial charge in [0.25, 0.3) is 0 Å². The molecule has 0 spiro atoms. The van der Waals surface area contributed by atoms with Crippen LogP contribution < -0.4 is 5.73 Å². The number of nitrogen functional groups attached to an aromatic ring is 1. The zero-order valence-electron chi connectivity index (χ0n) is 12.0. The summed E-state index contributed by atoms with van der Waals surface area (Å²) in [6, 6.07) is 4.34. The summed E-state index contributed by atoms with van der Waals surface area (Å²) in [7, 11) is 0. The number of benzene rings is 1. The van der Waals surface area contributed by atoms with Gasteiger partial charge in [0.1, 0.15) is 11.7 Å². The van der Waals surface area contributed by atoms with Crippen LogP contribution >= 0.6 is 0 Å². The number of aromatic nitrogens is 2. The third kappa shape index (κ3) is 2.57. The van der Waals surface area contributed by atoms with Gasteiger partial charge in [0, 0.05) is 11.3 Å². The highest BCUT2D eigenvalue weighted by Gasteiger charge is 2.13. The van der Waals surface area contributed by atoms with E-state index < -0.39 is 0 Å². The Morgan fingerprint density at radius 1 is 1.40 bits per heavy atom. The van der Waals surface area contributed by atoms with Crippen molar-refractivity contribution in [3.8, 4) is 0 Å². The smallest absolute Gasteiger partial charge is 0.123 e. The highest BCUT2D eigenvalue weighted by atomic mass is 19.1. The van der Waals surface area contributed by atoms with E-state index >= 15 is 0 Å². The van der Waals surface area contributed by atoms with Crippen LogP contribution in [-0.4, -0.2) is 15.6 Å². The van der Waals surface area contributed by atoms with Gasteiger partial charge in [0.05, 0.1) is 12.2 Å². The minimum absolute atomic E-state index is 0.128. The third-order valence-corrected chi connectivity index (χ3v) is 3.57. The third-order valence-electron chi connectivity index (χ3n) is 3.57. The van der Waals surface area contributed by atoms with E-state index in [2.05, 4.69) is 12.0 Å². The Kier molecular flexibility index (Phi) is 3.88. The quantitative estimate of drug-likeness (QED) is 0.664. The van der Waals surface area contributed by atoms with Crippen molar-refractivity contribution in [3.63, 3.8) is 0 Å². The monoisotopic (exact) mass is 274 g/mol. The van der Waals surface area contributed by atoms with Crippen LogP contribution in [-0.2, 0) is 13.0 Å². The first-order valence-corrected chi connectivity index (χ1v) is 6.59. The summed E-state index contributed by atoms with van der Waals surface area (Å²) in [5.74, 6) is -0.515. The molecule has 0 fully saturated rings. The first-order valence-electron chi connectivity index (χ1n) is 6.59. The van der Waals surface area contributed by atoms with E-state index in [-0.39, 0.29) is 11.7 Å². The lowest BCUT2D eigenvalue weighted by atomic mass is 10.1. The molecule has 1 aromatic heterocycles. The number of nitrogens with one attached hydrogen (secondary N) is 1. The fourth-order valence-corrected chi connectivity index (χ4v) is 2.50. The molecule has 5 heteroatoms. The molecule has 0 aliphatic heterocycles. The van der Waals surface area contributed by atoms with Crippen LogP contribution in [0.4, 0.5) is 4.39 Å². The van der Waals surface area contributed by atoms with Crippen LogP contribution in [0.25, 0.3) is 0 Å². The number of hydrogen-bond acceptors (Lipinski definition) is 2. The molecule has 1 aromatic carbocycles. The maximum Gasteiger partial charge on any atom is 0.123 e. The van der Waals surface area contributed by atoms with Gasteiger partial charge in [-0.3, -0.25) is 10.1 Å². The summed E-state index contributed by atoms with van der Waals surface area (Å²) in [6.45, 7) is 6.59. The molecule has 3 N–H and O–H groups in total. The van der Waals surface area contributed by atoms with Crippen molar-refractivity contribution >= 4 is 5.84 Å². The van der Waals surface area contributed by atoms with Crippen molar-refractivity contribution in [2.24, 2.45) is 5.73 Å². The molecule has 0 aliphatic carbocycles. The van der Waals surface area contributed by atoms with Gasteiger partial charge in [0.15, 0.2) is 0 Å². The molecule has 4 nitrogen and oxygen atoms in total. The Bertz CT molecular complexity index is 658. The van der Waals surface area contributed by atoms with Gasteiger partial charge in [-0.15, -0.1) is 0 Å². The first kappa shape index (κ1) is 14.2. The Balaban J connectivity index is 2.42. The Morgan fingerprint density at radius 2 is 2.10 bits per heavy atom. The topological polar surface area (TPSA) is 67.7 Å². The van der Waals surface area contributed by atoms with E-state index in [1.165, 1.54) is 17.7 Å². The van der Waals surface area contributed by atoms with Gasteiger partial charge in [0.2, 0.25) is 0 Å². The van der Waals surface area contributed by atoms with Gasteiger partial charge in [-0.05, 0) is 43.5 Å². The summed E-state index contributed by atoms with van der Waals surface area (Å²) >= 11 is 0. The molecule has 0 amide bonds. The zero-order chi connectivity index (χ0) is 14.9. The Morgan fingerprint density at radius 3 is 2.65 bits per heavy atom. The Labute approximate surface area is 117 Å². The number of aryl methyl sites for hydroxylation is 1. The van der Waals surface area contributed by atoms with Gasteiger partial charge < -0.3 is 5.73 Å². The molecule has 0 unspecified atom stereocenters. The van der Waals surface area contributed by atoms with Crippen LogP contribution in [0.5, 0.6) is 0 Å². The van der Waals surface area contributed by atoms with E-state index in [9.17, 15) is 4.39 Å². The van der Waals surface area contributed by atoms with Crippen LogP contribution in [0.3, 0.4) is 0 Å². The van der Waals surface area contributed by atoms with Gasteiger partial charge >= 0.3 is 0 Å². The maximum atomic E-state index is 13.3. The molecule has 0 saturated heterocycles. The number of nitrogens with zero attached hydrogens (tertiary/aromatic N) is 2. The summed E-state index contributed by atoms with van der Waals surface area (Å²) in [6.07, 6.45) is 0.931. The average molecular weight is 274 g/mol. The summed E-state index contributed by atoms with van der Waals surface area (Å²) in [4.78, 5) is 0. The largest absolute Gasteiger partial charge is 0.384 e. The molecule has 20 heavy (non-hydrogen) atoms.